The number of benzene rings is 2. The molecule has 0 N–H and O–H groups in total. The highest BCUT2D eigenvalue weighted by Gasteiger charge is 2.43. The monoisotopic (exact) mass is 926 g/mol. The van der Waals surface area contributed by atoms with Crippen LogP contribution < -0.4 is 0 Å². The van der Waals surface area contributed by atoms with Crippen LogP contribution in [0, 0.1) is 11.8 Å². The number of carbonyl (C=O) groups excluding carboxylic acids is 3. The fraction of sp³-hybridized carbons (Fsp3) is 0.694. The molecule has 1 saturated carbocycles. The van der Waals surface area contributed by atoms with Crippen molar-refractivity contribution in [3.8, 4) is 0 Å². The maximum absolute atomic E-state index is 12.7. The molecule has 2 aromatic rings. The average molecular weight is 927 g/mol. The lowest BCUT2D eigenvalue weighted by Gasteiger charge is -2.33. The van der Waals surface area contributed by atoms with Crippen LogP contribution in [-0.4, -0.2) is 116 Å². The van der Waals surface area contributed by atoms with Gasteiger partial charge in [-0.25, -0.2) is 26.4 Å². The Morgan fingerprint density at radius 3 is 1.72 bits per heavy atom. The molecule has 2 aromatic carbocycles. The second kappa shape index (κ2) is 21.0. The molecule has 1 unspecified atom stereocenters. The Balaban J connectivity index is 0.000000213. The number of hydrogen-bond donors (Lipinski definition) is 0. The number of fused-ring (bicyclic) bond motifs is 2. The fourth-order valence-corrected chi connectivity index (χ4v) is 11.0. The fourth-order valence-electron chi connectivity index (χ4n) is 9.38. The van der Waals surface area contributed by atoms with Gasteiger partial charge in [-0.05, 0) is 150 Å². The number of Topliss-reactive ketones (excluding diaryl/α,β-unsaturated/α-hetero) is 1. The predicted molar refractivity (Wildman–Crippen MR) is 250 cm³/mol. The summed E-state index contributed by atoms with van der Waals surface area (Å²) in [5.74, 6) is 1.88. The third kappa shape index (κ3) is 14.5. The summed E-state index contributed by atoms with van der Waals surface area (Å²) < 4.78 is 61.3. The molecule has 4 heterocycles. The van der Waals surface area contributed by atoms with Gasteiger partial charge in [0.2, 0.25) is 20.0 Å². The minimum atomic E-state index is -3.20. The Morgan fingerprint density at radius 1 is 0.703 bits per heavy atom. The molecule has 356 valence electrons. The molecule has 0 radical (unpaired) electrons. The maximum Gasteiger partial charge on any atom is 0.410 e. The summed E-state index contributed by atoms with van der Waals surface area (Å²) >= 11 is 0. The van der Waals surface area contributed by atoms with E-state index in [1.54, 1.807) is 9.21 Å². The molecule has 13 nitrogen and oxygen atoms in total. The molecule has 0 bridgehead atoms. The first kappa shape index (κ1) is 49.9. The van der Waals surface area contributed by atoms with Crippen molar-refractivity contribution in [2.24, 2.45) is 11.8 Å². The van der Waals surface area contributed by atoms with Crippen LogP contribution in [0.5, 0.6) is 0 Å². The molecule has 5 aliphatic rings. The number of hydrogen-bond acceptors (Lipinski definition) is 9. The molecule has 7 rings (SSSR count). The van der Waals surface area contributed by atoms with Gasteiger partial charge in [0, 0.05) is 64.3 Å². The van der Waals surface area contributed by atoms with Gasteiger partial charge in [0.25, 0.3) is 0 Å². The molecule has 0 spiro atoms. The van der Waals surface area contributed by atoms with Gasteiger partial charge in [-0.15, -0.1) is 0 Å². The lowest BCUT2D eigenvalue weighted by Crippen LogP contribution is -2.41. The zero-order chi connectivity index (χ0) is 46.5. The molecule has 2 saturated heterocycles. The number of rotatable bonds is 13. The van der Waals surface area contributed by atoms with Crippen molar-refractivity contribution < 1.29 is 40.7 Å². The number of ether oxygens (including phenoxy) is 2. The highest BCUT2D eigenvalue weighted by atomic mass is 32.2. The number of carbonyl (C=O) groups is 3. The number of ketones is 1. The van der Waals surface area contributed by atoms with E-state index >= 15 is 0 Å². The van der Waals surface area contributed by atoms with E-state index in [9.17, 15) is 31.2 Å². The first-order valence-corrected chi connectivity index (χ1v) is 27.4. The molecule has 1 atom stereocenters. The van der Waals surface area contributed by atoms with Gasteiger partial charge in [0.1, 0.15) is 11.2 Å². The van der Waals surface area contributed by atoms with Crippen molar-refractivity contribution in [2.75, 3.05) is 51.8 Å². The van der Waals surface area contributed by atoms with Gasteiger partial charge in [0.05, 0.1) is 12.5 Å². The molecule has 2 amide bonds. The van der Waals surface area contributed by atoms with Gasteiger partial charge in [-0.1, -0.05) is 50.1 Å². The third-order valence-electron chi connectivity index (χ3n) is 13.9. The molecule has 3 fully saturated rings. The van der Waals surface area contributed by atoms with Crippen LogP contribution in [0.25, 0.3) is 0 Å². The second-order valence-electron chi connectivity index (χ2n) is 20.5. The summed E-state index contributed by atoms with van der Waals surface area (Å²) in [5, 5.41) is 0. The standard InChI is InChI=1S/C25H38N2O4S.C24H36N2O5S/c1-19(21-7-8-23-18-27(32(3,29)30)16-11-22(23)17-21)5-4-6-20-9-14-26(15-10-20)24(28)31-25(2)12-13-25;1-24(2,3)31-23(28)25-13-10-18(11-14-25)6-5-7-22(27)20-8-9-21-17-26(32(4,29)30)15-12-19(21)16-20/h7-8,17,19-20H,4-6,9-16,18H2,1-3H3;8-9,16,18H,5-7,10-15,17H2,1-4H3. The molecule has 15 heteroatoms. The molecular formula is C49H74N4O9S2. The van der Waals surface area contributed by atoms with E-state index < -0.39 is 25.6 Å². The van der Waals surface area contributed by atoms with Gasteiger partial charge < -0.3 is 19.3 Å². The Hall–Kier alpha value is -3.53. The van der Waals surface area contributed by atoms with E-state index in [0.717, 1.165) is 99.6 Å². The van der Waals surface area contributed by atoms with Crippen LogP contribution >= 0.6 is 0 Å². The van der Waals surface area contributed by atoms with E-state index in [4.69, 9.17) is 9.47 Å². The highest BCUT2D eigenvalue weighted by molar-refractivity contribution is 7.88. The SMILES string of the molecule is CC(C)(C)OC(=O)N1CCC(CCCC(=O)c2ccc3c(c2)CCN(S(C)(=O)=O)C3)CC1.CC(CCCC1CCN(C(=O)OC2(C)CC2)CC1)c1ccc2c(c1)CCN(S(C)(=O)=O)C2. The molecule has 4 aliphatic heterocycles. The van der Waals surface area contributed by atoms with Crippen molar-refractivity contribution in [3.63, 3.8) is 0 Å². The van der Waals surface area contributed by atoms with Crippen molar-refractivity contribution in [3.05, 3.63) is 69.8 Å². The minimum Gasteiger partial charge on any atom is -0.444 e. The van der Waals surface area contributed by atoms with E-state index in [-0.39, 0.29) is 23.6 Å². The number of piperidine rings is 2. The topological polar surface area (TPSA) is 151 Å². The van der Waals surface area contributed by atoms with Crippen molar-refractivity contribution >= 4 is 38.0 Å². The van der Waals surface area contributed by atoms with E-state index in [0.29, 0.717) is 69.9 Å². The van der Waals surface area contributed by atoms with Crippen molar-refractivity contribution in [1.29, 1.82) is 0 Å². The summed E-state index contributed by atoms with van der Waals surface area (Å²) in [6, 6.07) is 12.3. The zero-order valence-electron chi connectivity index (χ0n) is 39.5. The van der Waals surface area contributed by atoms with Crippen molar-refractivity contribution in [1.82, 2.24) is 18.4 Å². The van der Waals surface area contributed by atoms with Gasteiger partial charge in [-0.2, -0.15) is 8.61 Å². The van der Waals surface area contributed by atoms with E-state index in [2.05, 4.69) is 25.1 Å². The summed E-state index contributed by atoms with van der Waals surface area (Å²) in [6.07, 6.45) is 15.6. The first-order chi connectivity index (χ1) is 30.0. The van der Waals surface area contributed by atoms with Crippen LogP contribution in [0.4, 0.5) is 9.59 Å². The average Bonchev–Trinajstić information content (AvgIpc) is 3.97. The minimum absolute atomic E-state index is 0.121. The van der Waals surface area contributed by atoms with E-state index in [1.165, 1.54) is 40.8 Å². The Morgan fingerprint density at radius 2 is 1.20 bits per heavy atom. The molecule has 1 aliphatic carbocycles. The number of likely N-dealkylation sites (tertiary alicyclic amines) is 2. The normalized spacial score (nSPS) is 20.3. The van der Waals surface area contributed by atoms with Crippen LogP contribution in [0.2, 0.25) is 0 Å². The van der Waals surface area contributed by atoms with Gasteiger partial charge in [0.15, 0.2) is 5.78 Å². The van der Waals surface area contributed by atoms with Crippen molar-refractivity contribution in [2.45, 2.75) is 155 Å². The third-order valence-corrected chi connectivity index (χ3v) is 16.4. The summed E-state index contributed by atoms with van der Waals surface area (Å²) in [7, 11) is -6.32. The van der Waals surface area contributed by atoms with Crippen LogP contribution in [-0.2, 0) is 55.5 Å². The van der Waals surface area contributed by atoms with Crippen LogP contribution in [0.3, 0.4) is 0 Å². The quantitative estimate of drug-likeness (QED) is 0.180. The smallest absolute Gasteiger partial charge is 0.410 e. The highest BCUT2D eigenvalue weighted by Crippen LogP contribution is 2.39. The molecule has 0 aromatic heterocycles. The van der Waals surface area contributed by atoms with Crippen LogP contribution in [0.1, 0.15) is 156 Å². The molecule has 64 heavy (non-hydrogen) atoms. The van der Waals surface area contributed by atoms with Crippen LogP contribution in [0.15, 0.2) is 36.4 Å². The summed E-state index contributed by atoms with van der Waals surface area (Å²) in [6.45, 7) is 14.9. The maximum atomic E-state index is 12.7. The predicted octanol–water partition coefficient (Wildman–Crippen LogP) is 8.68. The number of amides is 2. The largest absolute Gasteiger partial charge is 0.444 e. The Bertz CT molecular complexity index is 2190. The first-order valence-electron chi connectivity index (χ1n) is 23.7. The number of nitrogens with zero attached hydrogens (tertiary/aromatic N) is 4. The number of sulfonamides is 2. The van der Waals surface area contributed by atoms with E-state index in [1.807, 2.05) is 50.8 Å². The lowest BCUT2D eigenvalue weighted by atomic mass is 9.87. The second-order valence-corrected chi connectivity index (χ2v) is 24.5. The lowest BCUT2D eigenvalue weighted by molar-refractivity contribution is 0.0180. The molecular weight excluding hydrogens is 853 g/mol. The van der Waals surface area contributed by atoms with Gasteiger partial charge in [-0.3, -0.25) is 4.79 Å². The zero-order valence-corrected chi connectivity index (χ0v) is 41.2. The summed E-state index contributed by atoms with van der Waals surface area (Å²) in [4.78, 5) is 40.8. The van der Waals surface area contributed by atoms with Gasteiger partial charge >= 0.3 is 12.2 Å². The Kier molecular flexibility index (Phi) is 16.3. The Labute approximate surface area is 383 Å². The summed E-state index contributed by atoms with van der Waals surface area (Å²) in [5.41, 5.74) is 5.91.